The molecule has 0 unspecified atom stereocenters. The van der Waals surface area contributed by atoms with Gasteiger partial charge in [-0.1, -0.05) is 5.16 Å². The van der Waals surface area contributed by atoms with Crippen LogP contribution < -0.4 is 5.32 Å². The Hall–Kier alpha value is -1.47. The molecule has 1 aliphatic rings. The molecule has 0 aliphatic carbocycles. The zero-order valence-electron chi connectivity index (χ0n) is 11.6. The Morgan fingerprint density at radius 3 is 2.58 bits per heavy atom. The Bertz CT molecular complexity index is 412. The van der Waals surface area contributed by atoms with Gasteiger partial charge in [0.15, 0.2) is 5.82 Å². The van der Waals surface area contributed by atoms with Gasteiger partial charge in [-0.15, -0.1) is 0 Å². The maximum absolute atomic E-state index is 11.5. The Morgan fingerprint density at radius 2 is 2.00 bits per heavy atom. The lowest BCUT2D eigenvalue weighted by atomic mass is 10.3. The fourth-order valence-electron chi connectivity index (χ4n) is 2.16. The summed E-state index contributed by atoms with van der Waals surface area (Å²) >= 11 is 0. The lowest BCUT2D eigenvalue weighted by Crippen LogP contribution is -2.49. The van der Waals surface area contributed by atoms with Crippen LogP contribution >= 0.6 is 0 Å². The molecule has 0 spiro atoms. The van der Waals surface area contributed by atoms with Crippen molar-refractivity contribution in [3.05, 3.63) is 11.7 Å². The van der Waals surface area contributed by atoms with Gasteiger partial charge in [0.1, 0.15) is 0 Å². The number of likely N-dealkylation sites (N-methyl/N-ethyl adjacent to an activating group) is 1. The van der Waals surface area contributed by atoms with Crippen LogP contribution in [0.25, 0.3) is 0 Å². The molecule has 0 bridgehead atoms. The van der Waals surface area contributed by atoms with Crippen molar-refractivity contribution in [1.82, 2.24) is 25.3 Å². The van der Waals surface area contributed by atoms with Crippen LogP contribution in [0.3, 0.4) is 0 Å². The van der Waals surface area contributed by atoms with Crippen molar-refractivity contribution < 1.29 is 9.32 Å². The SMILES string of the molecule is CCNC(=O)CN1CCN(Cc2nc(C)no2)CC1. The number of nitrogens with one attached hydrogen (secondary N) is 1. The van der Waals surface area contributed by atoms with Gasteiger partial charge in [-0.05, 0) is 13.8 Å². The summed E-state index contributed by atoms with van der Waals surface area (Å²) < 4.78 is 5.11. The van der Waals surface area contributed by atoms with Crippen LogP contribution in [0.1, 0.15) is 18.6 Å². The Kier molecular flexibility index (Phi) is 4.86. The summed E-state index contributed by atoms with van der Waals surface area (Å²) in [4.78, 5) is 20.1. The summed E-state index contributed by atoms with van der Waals surface area (Å²) in [5, 5.41) is 6.60. The third kappa shape index (κ3) is 4.29. The Morgan fingerprint density at radius 1 is 1.32 bits per heavy atom. The first-order chi connectivity index (χ1) is 9.17. The molecular weight excluding hydrogens is 246 g/mol. The summed E-state index contributed by atoms with van der Waals surface area (Å²) in [5.74, 6) is 1.43. The lowest BCUT2D eigenvalue weighted by molar-refractivity contribution is -0.122. The molecule has 7 nitrogen and oxygen atoms in total. The van der Waals surface area contributed by atoms with Crippen molar-refractivity contribution in [2.75, 3.05) is 39.3 Å². The number of rotatable bonds is 5. The van der Waals surface area contributed by atoms with Crippen LogP contribution in [0.4, 0.5) is 0 Å². The predicted octanol–water partition coefficient (Wildman–Crippen LogP) is -0.368. The van der Waals surface area contributed by atoms with E-state index in [4.69, 9.17) is 4.52 Å². The highest BCUT2D eigenvalue weighted by molar-refractivity contribution is 5.77. The topological polar surface area (TPSA) is 74.5 Å². The zero-order valence-corrected chi connectivity index (χ0v) is 11.6. The molecule has 0 radical (unpaired) electrons. The summed E-state index contributed by atoms with van der Waals surface area (Å²) in [7, 11) is 0. The van der Waals surface area contributed by atoms with Crippen LogP contribution in [0.2, 0.25) is 0 Å². The number of nitrogens with zero attached hydrogens (tertiary/aromatic N) is 4. The third-order valence-electron chi connectivity index (χ3n) is 3.13. The first kappa shape index (κ1) is 14.0. The van der Waals surface area contributed by atoms with Crippen molar-refractivity contribution >= 4 is 5.91 Å². The number of amides is 1. The maximum atomic E-state index is 11.5. The van der Waals surface area contributed by atoms with Crippen molar-refractivity contribution in [2.45, 2.75) is 20.4 Å². The number of carbonyl (C=O) groups is 1. The lowest BCUT2D eigenvalue weighted by Gasteiger charge is -2.33. The van der Waals surface area contributed by atoms with E-state index in [1.807, 2.05) is 13.8 Å². The molecule has 1 N–H and O–H groups in total. The molecule has 0 atom stereocenters. The van der Waals surface area contributed by atoms with Crippen LogP contribution in [-0.4, -0.2) is 65.1 Å². The maximum Gasteiger partial charge on any atom is 0.240 e. The van der Waals surface area contributed by atoms with E-state index < -0.39 is 0 Å². The number of piperazine rings is 1. The molecule has 0 saturated carbocycles. The smallest absolute Gasteiger partial charge is 0.240 e. The molecule has 1 fully saturated rings. The van der Waals surface area contributed by atoms with E-state index in [2.05, 4.69) is 25.3 Å². The van der Waals surface area contributed by atoms with E-state index in [0.29, 0.717) is 31.3 Å². The molecule has 1 aromatic rings. The van der Waals surface area contributed by atoms with Gasteiger partial charge in [0, 0.05) is 32.7 Å². The summed E-state index contributed by atoms with van der Waals surface area (Å²) in [6.45, 7) is 9.24. The molecule has 106 valence electrons. The monoisotopic (exact) mass is 267 g/mol. The van der Waals surface area contributed by atoms with Gasteiger partial charge in [-0.3, -0.25) is 14.6 Å². The zero-order chi connectivity index (χ0) is 13.7. The van der Waals surface area contributed by atoms with E-state index in [1.54, 1.807) is 0 Å². The van der Waals surface area contributed by atoms with Crippen molar-refractivity contribution in [1.29, 1.82) is 0 Å². The molecule has 0 aromatic carbocycles. The van der Waals surface area contributed by atoms with Gasteiger partial charge in [-0.2, -0.15) is 4.98 Å². The minimum absolute atomic E-state index is 0.100. The van der Waals surface area contributed by atoms with Gasteiger partial charge < -0.3 is 9.84 Å². The fraction of sp³-hybridized carbons (Fsp3) is 0.750. The van der Waals surface area contributed by atoms with Crippen molar-refractivity contribution in [2.24, 2.45) is 0 Å². The normalized spacial score (nSPS) is 17.6. The first-order valence-corrected chi connectivity index (χ1v) is 6.68. The van der Waals surface area contributed by atoms with Crippen LogP contribution in [0.5, 0.6) is 0 Å². The molecule has 1 saturated heterocycles. The minimum Gasteiger partial charge on any atom is -0.355 e. The van der Waals surface area contributed by atoms with E-state index in [1.165, 1.54) is 0 Å². The highest BCUT2D eigenvalue weighted by atomic mass is 16.5. The minimum atomic E-state index is 0.100. The molecule has 1 aromatic heterocycles. The second kappa shape index (κ2) is 6.63. The van der Waals surface area contributed by atoms with Crippen LogP contribution in [-0.2, 0) is 11.3 Å². The summed E-state index contributed by atoms with van der Waals surface area (Å²) in [6, 6.07) is 0. The number of carbonyl (C=O) groups excluding carboxylic acids is 1. The molecule has 19 heavy (non-hydrogen) atoms. The van der Waals surface area contributed by atoms with Crippen LogP contribution in [0.15, 0.2) is 4.52 Å². The number of aryl methyl sites for hydroxylation is 1. The largest absolute Gasteiger partial charge is 0.355 e. The number of hydrogen-bond donors (Lipinski definition) is 1. The van der Waals surface area contributed by atoms with Crippen molar-refractivity contribution in [3.63, 3.8) is 0 Å². The summed E-state index contributed by atoms with van der Waals surface area (Å²) in [5.41, 5.74) is 0. The highest BCUT2D eigenvalue weighted by Crippen LogP contribution is 2.06. The number of aromatic nitrogens is 2. The van der Waals surface area contributed by atoms with Crippen LogP contribution in [0, 0.1) is 6.92 Å². The fourth-order valence-corrected chi connectivity index (χ4v) is 2.16. The molecule has 1 aliphatic heterocycles. The second-order valence-corrected chi connectivity index (χ2v) is 4.74. The highest BCUT2D eigenvalue weighted by Gasteiger charge is 2.20. The van der Waals surface area contributed by atoms with E-state index >= 15 is 0 Å². The van der Waals surface area contributed by atoms with Gasteiger partial charge in [0.2, 0.25) is 11.8 Å². The van der Waals surface area contributed by atoms with E-state index in [9.17, 15) is 4.79 Å². The quantitative estimate of drug-likeness (QED) is 0.785. The predicted molar refractivity (Wildman–Crippen MR) is 69.4 cm³/mol. The van der Waals surface area contributed by atoms with Crippen molar-refractivity contribution in [3.8, 4) is 0 Å². The second-order valence-electron chi connectivity index (χ2n) is 4.74. The molecule has 2 rings (SSSR count). The van der Waals surface area contributed by atoms with Gasteiger partial charge in [0.25, 0.3) is 0 Å². The Balaban J connectivity index is 1.71. The molecule has 7 heteroatoms. The molecule has 1 amide bonds. The van der Waals surface area contributed by atoms with E-state index in [-0.39, 0.29) is 5.91 Å². The first-order valence-electron chi connectivity index (χ1n) is 6.68. The van der Waals surface area contributed by atoms with Gasteiger partial charge in [-0.25, -0.2) is 0 Å². The van der Waals surface area contributed by atoms with E-state index in [0.717, 1.165) is 26.2 Å². The third-order valence-corrected chi connectivity index (χ3v) is 3.13. The molecule has 2 heterocycles. The average Bonchev–Trinajstić information content (AvgIpc) is 2.78. The average molecular weight is 267 g/mol. The standard InChI is InChI=1S/C12H21N5O2/c1-3-13-11(18)8-16-4-6-17(7-5-16)9-12-14-10(2)15-19-12/h3-9H2,1-2H3,(H,13,18). The number of hydrogen-bond acceptors (Lipinski definition) is 6. The summed E-state index contributed by atoms with van der Waals surface area (Å²) in [6.07, 6.45) is 0. The molecular formula is C12H21N5O2. The Labute approximate surface area is 112 Å². The van der Waals surface area contributed by atoms with Gasteiger partial charge in [0.05, 0.1) is 13.1 Å². The van der Waals surface area contributed by atoms with Gasteiger partial charge >= 0.3 is 0 Å².